The number of hydrogen-bond acceptors (Lipinski definition) is 1. The van der Waals surface area contributed by atoms with Gasteiger partial charge in [-0.25, -0.2) is 0 Å². The van der Waals surface area contributed by atoms with E-state index in [-0.39, 0.29) is 5.91 Å². The van der Waals surface area contributed by atoms with Gasteiger partial charge in [0, 0.05) is 23.0 Å². The molecule has 0 aliphatic heterocycles. The van der Waals surface area contributed by atoms with Gasteiger partial charge in [0.2, 0.25) is 0 Å². The molecule has 0 bridgehead atoms. The van der Waals surface area contributed by atoms with Gasteiger partial charge in [0.05, 0.1) is 0 Å². The summed E-state index contributed by atoms with van der Waals surface area (Å²) < 4.78 is 0. The van der Waals surface area contributed by atoms with Gasteiger partial charge >= 0.3 is 0 Å². The zero-order chi connectivity index (χ0) is 13.8. The van der Waals surface area contributed by atoms with Crippen LogP contribution in [-0.2, 0) is 0 Å². The van der Waals surface area contributed by atoms with Crippen LogP contribution in [0.1, 0.15) is 35.2 Å². The second kappa shape index (κ2) is 6.62. The number of carbonyl (C=O) groups is 1. The van der Waals surface area contributed by atoms with Crippen molar-refractivity contribution in [2.24, 2.45) is 11.8 Å². The number of aryl methyl sites for hydroxylation is 1. The average Bonchev–Trinajstić information content (AvgIpc) is 2.86. The van der Waals surface area contributed by atoms with Gasteiger partial charge in [0.1, 0.15) is 0 Å². The SMILES string of the molecule is Cc1ccc(C(=O)NCC2CCCC2CCl)cc1Cl. The lowest BCUT2D eigenvalue weighted by Gasteiger charge is -2.17. The molecular formula is C15H19Cl2NO. The van der Waals surface area contributed by atoms with Crippen LogP contribution in [0.5, 0.6) is 0 Å². The Bertz CT molecular complexity index is 461. The number of benzene rings is 1. The number of rotatable bonds is 4. The summed E-state index contributed by atoms with van der Waals surface area (Å²) in [5, 5.41) is 3.63. The number of carbonyl (C=O) groups excluding carboxylic acids is 1. The Morgan fingerprint density at radius 3 is 2.79 bits per heavy atom. The summed E-state index contributed by atoms with van der Waals surface area (Å²) in [6, 6.07) is 5.40. The van der Waals surface area contributed by atoms with Crippen LogP contribution in [0, 0.1) is 18.8 Å². The molecule has 0 aromatic heterocycles. The van der Waals surface area contributed by atoms with Gasteiger partial charge in [-0.2, -0.15) is 0 Å². The molecule has 2 atom stereocenters. The summed E-state index contributed by atoms with van der Waals surface area (Å²) in [5.41, 5.74) is 1.60. The molecule has 1 aromatic rings. The Hall–Kier alpha value is -0.730. The second-order valence-electron chi connectivity index (χ2n) is 5.28. The second-order valence-corrected chi connectivity index (χ2v) is 6.00. The van der Waals surface area contributed by atoms with Crippen molar-refractivity contribution >= 4 is 29.1 Å². The van der Waals surface area contributed by atoms with Crippen LogP contribution in [0.15, 0.2) is 18.2 Å². The molecule has 1 amide bonds. The van der Waals surface area contributed by atoms with Crippen LogP contribution >= 0.6 is 23.2 Å². The molecule has 2 unspecified atom stereocenters. The molecule has 0 saturated heterocycles. The molecule has 1 aromatic carbocycles. The van der Waals surface area contributed by atoms with E-state index in [1.165, 1.54) is 12.8 Å². The molecule has 2 rings (SSSR count). The van der Waals surface area contributed by atoms with Gasteiger partial charge in [0.25, 0.3) is 5.91 Å². The van der Waals surface area contributed by atoms with Crippen molar-refractivity contribution in [1.29, 1.82) is 0 Å². The third kappa shape index (κ3) is 3.64. The summed E-state index contributed by atoms with van der Waals surface area (Å²) in [6.07, 6.45) is 3.56. The fourth-order valence-corrected chi connectivity index (χ4v) is 3.23. The normalized spacial score (nSPS) is 22.5. The molecule has 1 aliphatic carbocycles. The predicted molar refractivity (Wildman–Crippen MR) is 80.1 cm³/mol. The Morgan fingerprint density at radius 1 is 1.37 bits per heavy atom. The summed E-state index contributed by atoms with van der Waals surface area (Å²) in [4.78, 5) is 12.1. The van der Waals surface area contributed by atoms with Crippen LogP contribution in [0.2, 0.25) is 5.02 Å². The first-order valence-corrected chi connectivity index (χ1v) is 7.63. The highest BCUT2D eigenvalue weighted by atomic mass is 35.5. The molecule has 0 heterocycles. The van der Waals surface area contributed by atoms with Crippen LogP contribution in [0.4, 0.5) is 0 Å². The van der Waals surface area contributed by atoms with Crippen LogP contribution in [-0.4, -0.2) is 18.3 Å². The third-order valence-corrected chi connectivity index (χ3v) is 4.78. The first kappa shape index (κ1) is 14.7. The van der Waals surface area contributed by atoms with Crippen molar-refractivity contribution in [1.82, 2.24) is 5.32 Å². The summed E-state index contributed by atoms with van der Waals surface area (Å²) in [6.45, 7) is 2.63. The van der Waals surface area contributed by atoms with E-state index in [1.807, 2.05) is 19.1 Å². The highest BCUT2D eigenvalue weighted by Crippen LogP contribution is 2.32. The number of nitrogens with one attached hydrogen (secondary N) is 1. The van der Waals surface area contributed by atoms with Crippen molar-refractivity contribution in [3.8, 4) is 0 Å². The summed E-state index contributed by atoms with van der Waals surface area (Å²) >= 11 is 12.0. The highest BCUT2D eigenvalue weighted by molar-refractivity contribution is 6.31. The number of halogens is 2. The molecule has 0 spiro atoms. The van der Waals surface area contributed by atoms with E-state index in [4.69, 9.17) is 23.2 Å². The molecule has 104 valence electrons. The van der Waals surface area contributed by atoms with Gasteiger partial charge in [-0.15, -0.1) is 11.6 Å². The smallest absolute Gasteiger partial charge is 0.251 e. The number of alkyl halides is 1. The minimum absolute atomic E-state index is 0.0536. The maximum Gasteiger partial charge on any atom is 0.251 e. The van der Waals surface area contributed by atoms with E-state index in [0.717, 1.165) is 12.0 Å². The minimum atomic E-state index is -0.0536. The fraction of sp³-hybridized carbons (Fsp3) is 0.533. The quantitative estimate of drug-likeness (QED) is 0.836. The number of hydrogen-bond donors (Lipinski definition) is 1. The first-order valence-electron chi connectivity index (χ1n) is 6.72. The maximum absolute atomic E-state index is 12.1. The van der Waals surface area contributed by atoms with Gasteiger partial charge in [-0.3, -0.25) is 4.79 Å². The first-order chi connectivity index (χ1) is 9.11. The summed E-state index contributed by atoms with van der Waals surface area (Å²) in [7, 11) is 0. The molecule has 4 heteroatoms. The molecule has 0 radical (unpaired) electrons. The van der Waals surface area contributed by atoms with Crippen LogP contribution in [0.25, 0.3) is 0 Å². The van der Waals surface area contributed by atoms with Gasteiger partial charge < -0.3 is 5.32 Å². The Kier molecular flexibility index (Phi) is 5.12. The third-order valence-electron chi connectivity index (χ3n) is 3.97. The van der Waals surface area contributed by atoms with E-state index >= 15 is 0 Å². The van der Waals surface area contributed by atoms with Gasteiger partial charge in [-0.05, 0) is 49.3 Å². The van der Waals surface area contributed by atoms with E-state index in [1.54, 1.807) is 6.07 Å². The number of amides is 1. The Balaban J connectivity index is 1.92. The van der Waals surface area contributed by atoms with E-state index in [2.05, 4.69) is 5.32 Å². The molecule has 1 N–H and O–H groups in total. The summed E-state index contributed by atoms with van der Waals surface area (Å²) in [5.74, 6) is 1.70. The molecule has 2 nitrogen and oxygen atoms in total. The van der Waals surface area contributed by atoms with Gasteiger partial charge in [-0.1, -0.05) is 24.1 Å². The van der Waals surface area contributed by atoms with Crippen molar-refractivity contribution in [2.75, 3.05) is 12.4 Å². The molecule has 1 fully saturated rings. The average molecular weight is 300 g/mol. The van der Waals surface area contributed by atoms with Crippen molar-refractivity contribution < 1.29 is 4.79 Å². The molecule has 19 heavy (non-hydrogen) atoms. The maximum atomic E-state index is 12.1. The molecule has 1 saturated carbocycles. The lowest BCUT2D eigenvalue weighted by atomic mass is 9.98. The van der Waals surface area contributed by atoms with Crippen molar-refractivity contribution in [3.63, 3.8) is 0 Å². The fourth-order valence-electron chi connectivity index (χ4n) is 2.65. The Labute approximate surface area is 124 Å². The lowest BCUT2D eigenvalue weighted by molar-refractivity contribution is 0.0944. The Morgan fingerprint density at radius 2 is 2.11 bits per heavy atom. The zero-order valence-electron chi connectivity index (χ0n) is 11.1. The topological polar surface area (TPSA) is 29.1 Å². The molecule has 1 aliphatic rings. The standard InChI is InChI=1S/C15H19Cl2NO/c1-10-5-6-11(7-14(10)17)15(19)18-9-13-4-2-3-12(13)8-16/h5-7,12-13H,2-4,8-9H2,1H3,(H,18,19). The molecular weight excluding hydrogens is 281 g/mol. The van der Waals surface area contributed by atoms with E-state index in [0.29, 0.717) is 34.8 Å². The van der Waals surface area contributed by atoms with Crippen molar-refractivity contribution in [2.45, 2.75) is 26.2 Å². The highest BCUT2D eigenvalue weighted by Gasteiger charge is 2.26. The van der Waals surface area contributed by atoms with Gasteiger partial charge in [0.15, 0.2) is 0 Å². The minimum Gasteiger partial charge on any atom is -0.352 e. The van der Waals surface area contributed by atoms with Crippen LogP contribution in [0.3, 0.4) is 0 Å². The van der Waals surface area contributed by atoms with Crippen molar-refractivity contribution in [3.05, 3.63) is 34.3 Å². The predicted octanol–water partition coefficient (Wildman–Crippen LogP) is 4.03. The zero-order valence-corrected chi connectivity index (χ0v) is 12.6. The van der Waals surface area contributed by atoms with Crippen LogP contribution < -0.4 is 5.32 Å². The van der Waals surface area contributed by atoms with E-state index < -0.39 is 0 Å². The monoisotopic (exact) mass is 299 g/mol. The van der Waals surface area contributed by atoms with E-state index in [9.17, 15) is 4.79 Å². The largest absolute Gasteiger partial charge is 0.352 e. The lowest BCUT2D eigenvalue weighted by Crippen LogP contribution is -2.31.